The van der Waals surface area contributed by atoms with Crippen LogP contribution in [0.4, 0.5) is 5.69 Å². The van der Waals surface area contributed by atoms with Crippen LogP contribution < -0.4 is 5.06 Å². The van der Waals surface area contributed by atoms with E-state index in [1.54, 1.807) is 17.2 Å². The van der Waals surface area contributed by atoms with Crippen LogP contribution in [0.3, 0.4) is 0 Å². The van der Waals surface area contributed by atoms with Crippen molar-refractivity contribution >= 4 is 17.4 Å². The van der Waals surface area contributed by atoms with Crippen molar-refractivity contribution in [3.8, 4) is 0 Å². The van der Waals surface area contributed by atoms with Crippen LogP contribution in [0.5, 0.6) is 0 Å². The van der Waals surface area contributed by atoms with E-state index >= 15 is 0 Å². The third-order valence-electron chi connectivity index (χ3n) is 5.46. The minimum Gasteiger partial charge on any atom is -0.423 e. The Morgan fingerprint density at radius 2 is 1.66 bits per heavy atom. The number of carbonyl (C=O) groups excluding carboxylic acids is 2. The highest BCUT2D eigenvalue weighted by atomic mass is 16.8. The Hall–Kier alpha value is -3.44. The quantitative estimate of drug-likeness (QED) is 0.494. The summed E-state index contributed by atoms with van der Waals surface area (Å²) in [6.45, 7) is 1.98. The second-order valence-corrected chi connectivity index (χ2v) is 7.39. The number of para-hydroxylation sites is 1. The van der Waals surface area contributed by atoms with E-state index in [1.165, 1.54) is 0 Å². The van der Waals surface area contributed by atoms with Crippen LogP contribution in [0, 0.1) is 6.92 Å². The predicted molar refractivity (Wildman–Crippen MR) is 107 cm³/mol. The third-order valence-corrected chi connectivity index (χ3v) is 5.46. The van der Waals surface area contributed by atoms with Gasteiger partial charge in [0, 0.05) is 11.1 Å². The molecule has 2 heterocycles. The van der Waals surface area contributed by atoms with Crippen molar-refractivity contribution in [2.45, 2.75) is 25.2 Å². The minimum atomic E-state index is -1.30. The number of nitrogens with zero attached hydrogens (tertiary/aromatic N) is 1. The number of anilines is 1. The molecule has 2 atom stereocenters. The van der Waals surface area contributed by atoms with Gasteiger partial charge in [-0.2, -0.15) is 0 Å². The summed E-state index contributed by atoms with van der Waals surface area (Å²) in [7, 11) is 0. The molecule has 3 aromatic rings. The van der Waals surface area contributed by atoms with Gasteiger partial charge in [0.1, 0.15) is 6.04 Å². The molecule has 5 rings (SSSR count). The maximum Gasteiger partial charge on any atom is 0.341 e. The van der Waals surface area contributed by atoms with Crippen molar-refractivity contribution in [3.05, 3.63) is 101 Å². The Balaban J connectivity index is 1.58. The van der Waals surface area contributed by atoms with Crippen LogP contribution in [0.25, 0.3) is 0 Å². The Morgan fingerprint density at radius 1 is 0.966 bits per heavy atom. The number of ketones is 1. The molecule has 0 amide bonds. The first-order chi connectivity index (χ1) is 14.1. The molecular weight excluding hydrogens is 366 g/mol. The SMILES string of the molecule is Cc1ccc(C(=O)[C@H]2C[C@@]3(OC(=O)c4ccccc43)ON2c2ccccc2)cc1. The number of benzene rings is 3. The summed E-state index contributed by atoms with van der Waals surface area (Å²) < 4.78 is 5.71. The minimum absolute atomic E-state index is 0.0776. The Morgan fingerprint density at radius 3 is 2.41 bits per heavy atom. The zero-order chi connectivity index (χ0) is 20.0. The molecule has 1 saturated heterocycles. The molecule has 0 unspecified atom stereocenters. The van der Waals surface area contributed by atoms with Crippen molar-refractivity contribution in [2.75, 3.05) is 5.06 Å². The number of hydroxylamine groups is 1. The van der Waals surface area contributed by atoms with Gasteiger partial charge in [-0.15, -0.1) is 0 Å². The Kier molecular flexibility index (Phi) is 4.00. The summed E-state index contributed by atoms with van der Waals surface area (Å²) in [5, 5.41) is 1.58. The highest BCUT2D eigenvalue weighted by Crippen LogP contribution is 2.48. The zero-order valence-corrected chi connectivity index (χ0v) is 15.9. The number of carbonyl (C=O) groups is 2. The molecule has 0 aliphatic carbocycles. The molecule has 0 radical (unpaired) electrons. The van der Waals surface area contributed by atoms with Crippen LogP contribution in [-0.2, 0) is 15.4 Å². The summed E-state index contributed by atoms with van der Waals surface area (Å²) in [4.78, 5) is 32.1. The first kappa shape index (κ1) is 17.6. The van der Waals surface area contributed by atoms with E-state index in [-0.39, 0.29) is 12.2 Å². The molecule has 1 spiro atoms. The van der Waals surface area contributed by atoms with Gasteiger partial charge in [-0.3, -0.25) is 4.79 Å². The van der Waals surface area contributed by atoms with Crippen molar-refractivity contribution < 1.29 is 19.2 Å². The second-order valence-electron chi connectivity index (χ2n) is 7.39. The maximum absolute atomic E-state index is 13.4. The second kappa shape index (κ2) is 6.57. The summed E-state index contributed by atoms with van der Waals surface area (Å²) in [5.74, 6) is -1.81. The van der Waals surface area contributed by atoms with E-state index in [0.717, 1.165) is 11.3 Å². The highest BCUT2D eigenvalue weighted by molar-refractivity contribution is 6.02. The van der Waals surface area contributed by atoms with Gasteiger partial charge in [0.25, 0.3) is 5.79 Å². The predicted octanol–water partition coefficient (Wildman–Crippen LogP) is 4.41. The van der Waals surface area contributed by atoms with Gasteiger partial charge in [0.2, 0.25) is 0 Å². The van der Waals surface area contributed by atoms with Crippen LogP contribution >= 0.6 is 0 Å². The van der Waals surface area contributed by atoms with Crippen molar-refractivity contribution in [1.29, 1.82) is 0 Å². The normalized spacial score (nSPS) is 22.6. The van der Waals surface area contributed by atoms with E-state index in [2.05, 4.69) is 0 Å². The lowest BCUT2D eigenvalue weighted by Gasteiger charge is -2.25. The fraction of sp³-hybridized carbons (Fsp3) is 0.167. The Labute approximate surface area is 168 Å². The summed E-state index contributed by atoms with van der Waals surface area (Å²) in [5.41, 5.74) is 3.54. The van der Waals surface area contributed by atoms with Crippen LogP contribution in [0.2, 0.25) is 0 Å². The summed E-state index contributed by atoms with van der Waals surface area (Å²) in [6.07, 6.45) is 0.220. The number of hydrogen-bond donors (Lipinski definition) is 0. The maximum atomic E-state index is 13.4. The lowest BCUT2D eigenvalue weighted by Crippen LogP contribution is -2.35. The molecule has 5 heteroatoms. The molecule has 0 saturated carbocycles. The number of fused-ring (bicyclic) bond motifs is 2. The average molecular weight is 385 g/mol. The molecule has 5 nitrogen and oxygen atoms in total. The third kappa shape index (κ3) is 2.82. The number of aryl methyl sites for hydroxylation is 1. The van der Waals surface area contributed by atoms with E-state index in [4.69, 9.17) is 9.57 Å². The fourth-order valence-electron chi connectivity index (χ4n) is 3.99. The number of rotatable bonds is 3. The average Bonchev–Trinajstić information content (AvgIpc) is 3.27. The summed E-state index contributed by atoms with van der Waals surface area (Å²) >= 11 is 0. The van der Waals surface area contributed by atoms with Crippen LogP contribution in [-0.4, -0.2) is 17.8 Å². The number of hydrogen-bond acceptors (Lipinski definition) is 5. The zero-order valence-electron chi connectivity index (χ0n) is 15.9. The van der Waals surface area contributed by atoms with Crippen LogP contribution in [0.15, 0.2) is 78.9 Å². The smallest absolute Gasteiger partial charge is 0.341 e. The topological polar surface area (TPSA) is 55.8 Å². The highest BCUT2D eigenvalue weighted by Gasteiger charge is 2.57. The van der Waals surface area contributed by atoms with Gasteiger partial charge in [-0.25, -0.2) is 14.7 Å². The van der Waals surface area contributed by atoms with E-state index in [0.29, 0.717) is 16.7 Å². The molecule has 144 valence electrons. The van der Waals surface area contributed by atoms with Gasteiger partial charge in [0.15, 0.2) is 5.78 Å². The molecule has 2 aliphatic heterocycles. The first-order valence-corrected chi connectivity index (χ1v) is 9.54. The lowest BCUT2D eigenvalue weighted by molar-refractivity contribution is -0.180. The van der Waals surface area contributed by atoms with Gasteiger partial charge >= 0.3 is 5.97 Å². The standard InChI is InChI=1S/C24H19NO4/c1-16-11-13-17(14-12-16)22(26)21-15-24(29-25(21)18-7-3-2-4-8-18)20-10-6-5-9-19(20)23(27)28-24/h2-14,21H,15H2,1H3/t21-,24-/m1/s1. The molecule has 3 aromatic carbocycles. The van der Waals surface area contributed by atoms with Gasteiger partial charge < -0.3 is 4.74 Å². The number of Topliss-reactive ketones (excluding diaryl/α,β-unsaturated/α-hetero) is 1. The Bertz CT molecular complexity index is 1090. The molecule has 1 fully saturated rings. The van der Waals surface area contributed by atoms with E-state index in [9.17, 15) is 9.59 Å². The summed E-state index contributed by atoms with van der Waals surface area (Å²) in [6, 6.07) is 23.4. The lowest BCUT2D eigenvalue weighted by atomic mass is 9.93. The molecule has 0 N–H and O–H groups in total. The monoisotopic (exact) mass is 385 g/mol. The molecule has 0 bridgehead atoms. The largest absolute Gasteiger partial charge is 0.423 e. The number of ether oxygens (including phenoxy) is 1. The number of esters is 1. The van der Waals surface area contributed by atoms with Crippen molar-refractivity contribution in [1.82, 2.24) is 0 Å². The van der Waals surface area contributed by atoms with Gasteiger partial charge in [0.05, 0.1) is 17.7 Å². The van der Waals surface area contributed by atoms with E-state index in [1.807, 2.05) is 73.7 Å². The van der Waals surface area contributed by atoms with Crippen molar-refractivity contribution in [3.63, 3.8) is 0 Å². The fourth-order valence-corrected chi connectivity index (χ4v) is 3.99. The molecule has 29 heavy (non-hydrogen) atoms. The van der Waals surface area contributed by atoms with E-state index < -0.39 is 17.8 Å². The van der Waals surface area contributed by atoms with Crippen LogP contribution in [0.1, 0.15) is 38.3 Å². The molecule has 2 aliphatic rings. The first-order valence-electron chi connectivity index (χ1n) is 9.54. The molecule has 0 aromatic heterocycles. The molecular formula is C24H19NO4. The van der Waals surface area contributed by atoms with Gasteiger partial charge in [-0.05, 0) is 25.1 Å². The van der Waals surface area contributed by atoms with Crippen molar-refractivity contribution in [2.24, 2.45) is 0 Å². The van der Waals surface area contributed by atoms with Gasteiger partial charge in [-0.1, -0.05) is 66.2 Å².